The number of carbonyl (C=O) groups excluding carboxylic acids is 1. The summed E-state index contributed by atoms with van der Waals surface area (Å²) in [7, 11) is 0. The largest absolute Gasteiger partial charge is 0.480 e. The van der Waals surface area contributed by atoms with Gasteiger partial charge in [-0.15, -0.1) is 0 Å². The topological polar surface area (TPSA) is 66.4 Å². The third-order valence-electron chi connectivity index (χ3n) is 2.95. The number of carboxylic acids is 1. The van der Waals surface area contributed by atoms with Crippen LogP contribution in [0.5, 0.6) is 0 Å². The first-order valence-corrected chi connectivity index (χ1v) is 6.80. The summed E-state index contributed by atoms with van der Waals surface area (Å²) in [4.78, 5) is 22.7. The van der Waals surface area contributed by atoms with E-state index in [2.05, 4.69) is 5.32 Å². The minimum absolute atomic E-state index is 0.210. The molecule has 20 heavy (non-hydrogen) atoms. The predicted octanol–water partition coefficient (Wildman–Crippen LogP) is 2.54. The second kappa shape index (κ2) is 8.91. The van der Waals surface area contributed by atoms with E-state index in [0.29, 0.717) is 19.3 Å². The number of rotatable bonds is 8. The lowest BCUT2D eigenvalue weighted by Gasteiger charge is -2.12. The minimum atomic E-state index is -1.00. The number of hydrogen-bond donors (Lipinski definition) is 2. The van der Waals surface area contributed by atoms with Crippen LogP contribution in [0.1, 0.15) is 31.7 Å². The number of carbonyl (C=O) groups is 2. The Morgan fingerprint density at radius 3 is 2.60 bits per heavy atom. The first-order chi connectivity index (χ1) is 9.63. The number of hydrogen-bond acceptors (Lipinski definition) is 2. The van der Waals surface area contributed by atoms with Crippen molar-refractivity contribution in [3.8, 4) is 0 Å². The van der Waals surface area contributed by atoms with Crippen molar-refractivity contribution in [3.63, 3.8) is 0 Å². The molecule has 0 saturated heterocycles. The summed E-state index contributed by atoms with van der Waals surface area (Å²) in [5.41, 5.74) is 1.18. The number of aryl methyl sites for hydroxylation is 1. The van der Waals surface area contributed by atoms with Gasteiger partial charge >= 0.3 is 5.97 Å². The third kappa shape index (κ3) is 6.18. The van der Waals surface area contributed by atoms with Crippen LogP contribution in [-0.2, 0) is 16.0 Å². The Balaban J connectivity index is 2.33. The standard InChI is InChI=1S/C16H21NO3/c1-2-3-11-14(16(19)20)17-15(18)12-7-10-13-8-5-4-6-9-13/h2-6,8-9,14H,7,10-12H2,1H3,(H,17,18)(H,19,20)/b3-2+. The maximum Gasteiger partial charge on any atom is 0.326 e. The van der Waals surface area contributed by atoms with Gasteiger partial charge in [0.1, 0.15) is 6.04 Å². The summed E-state index contributed by atoms with van der Waals surface area (Å²) in [5.74, 6) is -1.21. The molecule has 1 amide bonds. The maximum atomic E-state index is 11.7. The van der Waals surface area contributed by atoms with Crippen LogP contribution < -0.4 is 5.32 Å². The van der Waals surface area contributed by atoms with Crippen molar-refractivity contribution < 1.29 is 14.7 Å². The van der Waals surface area contributed by atoms with Crippen molar-refractivity contribution in [3.05, 3.63) is 48.0 Å². The van der Waals surface area contributed by atoms with Crippen molar-refractivity contribution in [2.75, 3.05) is 0 Å². The fraction of sp³-hybridized carbons (Fsp3) is 0.375. The van der Waals surface area contributed by atoms with Gasteiger partial charge in [0, 0.05) is 6.42 Å². The molecule has 2 N–H and O–H groups in total. The fourth-order valence-corrected chi connectivity index (χ4v) is 1.86. The fourth-order valence-electron chi connectivity index (χ4n) is 1.86. The van der Waals surface area contributed by atoms with Gasteiger partial charge < -0.3 is 10.4 Å². The molecule has 1 rings (SSSR count). The molecule has 0 heterocycles. The molecule has 0 bridgehead atoms. The molecule has 0 saturated carbocycles. The summed E-state index contributed by atoms with van der Waals surface area (Å²) in [5, 5.41) is 11.6. The minimum Gasteiger partial charge on any atom is -0.480 e. The number of carboxylic acid groups (broad SMARTS) is 1. The lowest BCUT2D eigenvalue weighted by molar-refractivity contribution is -0.141. The highest BCUT2D eigenvalue weighted by Crippen LogP contribution is 2.05. The molecule has 0 aliphatic rings. The first kappa shape index (κ1) is 16.0. The van der Waals surface area contributed by atoms with E-state index in [-0.39, 0.29) is 5.91 Å². The van der Waals surface area contributed by atoms with Crippen LogP contribution in [0.4, 0.5) is 0 Å². The second-order valence-corrected chi connectivity index (χ2v) is 4.60. The molecule has 1 aromatic rings. The molecule has 108 valence electrons. The van der Waals surface area contributed by atoms with E-state index in [1.807, 2.05) is 37.3 Å². The Hall–Kier alpha value is -2.10. The van der Waals surface area contributed by atoms with Crippen LogP contribution in [0.25, 0.3) is 0 Å². The summed E-state index contributed by atoms with van der Waals surface area (Å²) in [6.45, 7) is 1.82. The Kier molecular flexibility index (Phi) is 7.11. The van der Waals surface area contributed by atoms with Gasteiger partial charge in [-0.05, 0) is 31.7 Å². The Labute approximate surface area is 119 Å². The molecule has 0 radical (unpaired) electrons. The summed E-state index contributed by atoms with van der Waals surface area (Å²) >= 11 is 0. The summed E-state index contributed by atoms with van der Waals surface area (Å²) < 4.78 is 0. The van der Waals surface area contributed by atoms with Gasteiger partial charge in [0.25, 0.3) is 0 Å². The average molecular weight is 275 g/mol. The number of aliphatic carboxylic acids is 1. The molecule has 4 nitrogen and oxygen atoms in total. The van der Waals surface area contributed by atoms with Crippen molar-refractivity contribution >= 4 is 11.9 Å². The van der Waals surface area contributed by atoms with Crippen LogP contribution in [0.3, 0.4) is 0 Å². The van der Waals surface area contributed by atoms with Gasteiger partial charge in [-0.1, -0.05) is 42.5 Å². The number of nitrogens with one attached hydrogen (secondary N) is 1. The quantitative estimate of drug-likeness (QED) is 0.716. The van der Waals surface area contributed by atoms with Gasteiger partial charge in [0.2, 0.25) is 5.91 Å². The Bertz CT molecular complexity index is 454. The highest BCUT2D eigenvalue weighted by molar-refractivity contribution is 5.83. The molecule has 1 aromatic carbocycles. The molecule has 0 aromatic heterocycles. The number of allylic oxidation sites excluding steroid dienone is 1. The van der Waals surface area contributed by atoms with Crippen LogP contribution >= 0.6 is 0 Å². The smallest absolute Gasteiger partial charge is 0.326 e. The number of benzene rings is 1. The van der Waals surface area contributed by atoms with E-state index >= 15 is 0 Å². The van der Waals surface area contributed by atoms with E-state index in [1.54, 1.807) is 12.2 Å². The molecular weight excluding hydrogens is 254 g/mol. The van der Waals surface area contributed by atoms with Gasteiger partial charge in [-0.2, -0.15) is 0 Å². The maximum absolute atomic E-state index is 11.7. The zero-order chi connectivity index (χ0) is 14.8. The molecule has 1 atom stereocenters. The van der Waals surface area contributed by atoms with E-state index in [1.165, 1.54) is 5.56 Å². The van der Waals surface area contributed by atoms with Crippen LogP contribution in [0, 0.1) is 0 Å². The van der Waals surface area contributed by atoms with E-state index in [0.717, 1.165) is 6.42 Å². The van der Waals surface area contributed by atoms with Crippen molar-refractivity contribution in [2.24, 2.45) is 0 Å². The van der Waals surface area contributed by atoms with Gasteiger partial charge in [0.05, 0.1) is 0 Å². The van der Waals surface area contributed by atoms with Crippen LogP contribution in [0.2, 0.25) is 0 Å². The van der Waals surface area contributed by atoms with Crippen molar-refractivity contribution in [2.45, 2.75) is 38.6 Å². The highest BCUT2D eigenvalue weighted by atomic mass is 16.4. The first-order valence-electron chi connectivity index (χ1n) is 6.80. The molecule has 0 spiro atoms. The number of amides is 1. The zero-order valence-electron chi connectivity index (χ0n) is 11.7. The monoisotopic (exact) mass is 275 g/mol. The van der Waals surface area contributed by atoms with E-state index in [9.17, 15) is 9.59 Å². The molecule has 4 heteroatoms. The summed E-state index contributed by atoms with van der Waals surface area (Å²) in [6, 6.07) is 9.08. The van der Waals surface area contributed by atoms with Gasteiger partial charge in [0.15, 0.2) is 0 Å². The van der Waals surface area contributed by atoms with E-state index < -0.39 is 12.0 Å². The van der Waals surface area contributed by atoms with Gasteiger partial charge in [-0.25, -0.2) is 4.79 Å². The third-order valence-corrected chi connectivity index (χ3v) is 2.95. The molecular formula is C16H21NO3. The lowest BCUT2D eigenvalue weighted by Crippen LogP contribution is -2.40. The highest BCUT2D eigenvalue weighted by Gasteiger charge is 2.17. The molecule has 0 aliphatic heterocycles. The molecule has 1 unspecified atom stereocenters. The van der Waals surface area contributed by atoms with Crippen molar-refractivity contribution in [1.29, 1.82) is 0 Å². The molecule has 0 fully saturated rings. The summed E-state index contributed by atoms with van der Waals surface area (Å²) in [6.07, 6.45) is 5.71. The molecule has 0 aliphatic carbocycles. The zero-order valence-corrected chi connectivity index (χ0v) is 11.7. The second-order valence-electron chi connectivity index (χ2n) is 4.60. The van der Waals surface area contributed by atoms with Crippen LogP contribution in [-0.4, -0.2) is 23.0 Å². The van der Waals surface area contributed by atoms with Crippen molar-refractivity contribution in [1.82, 2.24) is 5.32 Å². The predicted molar refractivity (Wildman–Crippen MR) is 78.4 cm³/mol. The van der Waals surface area contributed by atoms with E-state index in [4.69, 9.17) is 5.11 Å². The van der Waals surface area contributed by atoms with Gasteiger partial charge in [-0.3, -0.25) is 4.79 Å². The normalized spacial score (nSPS) is 12.2. The average Bonchev–Trinajstić information content (AvgIpc) is 2.44. The Morgan fingerprint density at radius 2 is 2.00 bits per heavy atom. The lowest BCUT2D eigenvalue weighted by atomic mass is 10.1. The van der Waals surface area contributed by atoms with Crippen LogP contribution in [0.15, 0.2) is 42.5 Å². The Morgan fingerprint density at radius 1 is 1.30 bits per heavy atom. The SMILES string of the molecule is C/C=C/CC(NC(=O)CCCc1ccccc1)C(=O)O.